The summed E-state index contributed by atoms with van der Waals surface area (Å²) in [7, 11) is 0. The minimum absolute atomic E-state index is 0.00467. The number of rotatable bonds is 4. The number of halogens is 2. The summed E-state index contributed by atoms with van der Waals surface area (Å²) in [6.45, 7) is 0. The molecule has 0 aliphatic heterocycles. The predicted octanol–water partition coefficient (Wildman–Crippen LogP) is 6.82. The van der Waals surface area contributed by atoms with Crippen LogP contribution >= 0.6 is 23.2 Å². The summed E-state index contributed by atoms with van der Waals surface area (Å²) < 4.78 is 0. The molecule has 152 valence electrons. The van der Waals surface area contributed by atoms with Crippen molar-refractivity contribution in [1.82, 2.24) is 9.97 Å². The molecule has 6 heteroatoms. The highest BCUT2D eigenvalue weighted by atomic mass is 35.5. The van der Waals surface area contributed by atoms with Crippen molar-refractivity contribution in [3.05, 3.63) is 94.1 Å². The van der Waals surface area contributed by atoms with Crippen molar-refractivity contribution in [2.24, 2.45) is 0 Å². The SMILES string of the molecule is O=C(Cc1ccc2ccccc2n1)c1ccc2cc(-c3c(Cl)cc(O)cc3Cl)[nH]c2c1. The number of phenols is 1. The third-order valence-corrected chi connectivity index (χ3v) is 5.83. The lowest BCUT2D eigenvalue weighted by molar-refractivity contribution is 0.0992. The van der Waals surface area contributed by atoms with E-state index in [1.54, 1.807) is 0 Å². The first-order chi connectivity index (χ1) is 15.0. The summed E-state index contributed by atoms with van der Waals surface area (Å²) in [5, 5.41) is 12.3. The van der Waals surface area contributed by atoms with Crippen LogP contribution in [0.5, 0.6) is 5.75 Å². The lowest BCUT2D eigenvalue weighted by atomic mass is 10.0. The molecule has 0 radical (unpaired) electrons. The molecule has 31 heavy (non-hydrogen) atoms. The molecule has 5 rings (SSSR count). The van der Waals surface area contributed by atoms with E-state index in [0.717, 1.165) is 27.5 Å². The van der Waals surface area contributed by atoms with Crippen LogP contribution in [0.2, 0.25) is 10.0 Å². The average molecular weight is 447 g/mol. The predicted molar refractivity (Wildman–Crippen MR) is 125 cm³/mol. The fraction of sp³-hybridized carbons (Fsp3) is 0.0400. The fourth-order valence-corrected chi connectivity index (χ4v) is 4.40. The van der Waals surface area contributed by atoms with E-state index in [1.807, 2.05) is 60.7 Å². The van der Waals surface area contributed by atoms with Crippen molar-refractivity contribution in [2.75, 3.05) is 0 Å². The van der Waals surface area contributed by atoms with Crippen molar-refractivity contribution in [3.63, 3.8) is 0 Å². The Morgan fingerprint density at radius 2 is 1.65 bits per heavy atom. The molecule has 0 amide bonds. The first-order valence-corrected chi connectivity index (χ1v) is 10.4. The summed E-state index contributed by atoms with van der Waals surface area (Å²) in [5.41, 5.74) is 4.32. The van der Waals surface area contributed by atoms with Gasteiger partial charge >= 0.3 is 0 Å². The maximum absolute atomic E-state index is 12.9. The number of benzene rings is 3. The van der Waals surface area contributed by atoms with Crippen LogP contribution in [0.25, 0.3) is 33.1 Å². The van der Waals surface area contributed by atoms with Gasteiger partial charge in [-0.2, -0.15) is 0 Å². The molecule has 3 aromatic carbocycles. The van der Waals surface area contributed by atoms with E-state index in [2.05, 4.69) is 9.97 Å². The first kappa shape index (κ1) is 19.6. The van der Waals surface area contributed by atoms with Gasteiger partial charge in [0.25, 0.3) is 0 Å². The smallest absolute Gasteiger partial charge is 0.168 e. The molecule has 4 nitrogen and oxygen atoms in total. The van der Waals surface area contributed by atoms with E-state index in [9.17, 15) is 9.90 Å². The van der Waals surface area contributed by atoms with Gasteiger partial charge in [-0.1, -0.05) is 59.6 Å². The molecule has 0 saturated carbocycles. The number of pyridine rings is 1. The van der Waals surface area contributed by atoms with E-state index in [1.165, 1.54) is 12.1 Å². The number of aromatic hydroxyl groups is 1. The average Bonchev–Trinajstić information content (AvgIpc) is 3.15. The van der Waals surface area contributed by atoms with Gasteiger partial charge in [-0.05, 0) is 36.4 Å². The quantitative estimate of drug-likeness (QED) is 0.297. The lowest BCUT2D eigenvalue weighted by Crippen LogP contribution is -2.05. The second-order valence-electron chi connectivity index (χ2n) is 7.36. The normalized spacial score (nSPS) is 11.3. The van der Waals surface area contributed by atoms with Crippen LogP contribution in [0, 0.1) is 0 Å². The molecule has 0 spiro atoms. The molecule has 2 aromatic heterocycles. The van der Waals surface area contributed by atoms with E-state index in [0.29, 0.717) is 26.9 Å². The number of hydrogen-bond acceptors (Lipinski definition) is 3. The summed E-state index contributed by atoms with van der Waals surface area (Å²) in [6.07, 6.45) is 0.222. The first-order valence-electron chi connectivity index (χ1n) is 9.67. The third kappa shape index (κ3) is 3.76. The van der Waals surface area contributed by atoms with Crippen molar-refractivity contribution >= 4 is 50.8 Å². The number of carbonyl (C=O) groups is 1. The zero-order valence-corrected chi connectivity index (χ0v) is 17.7. The Morgan fingerprint density at radius 3 is 2.45 bits per heavy atom. The number of nitrogens with one attached hydrogen (secondary N) is 1. The number of Topliss-reactive ketones (excluding diaryl/α,β-unsaturated/α-hetero) is 1. The highest BCUT2D eigenvalue weighted by molar-refractivity contribution is 6.39. The zero-order chi connectivity index (χ0) is 21.5. The Kier molecular flexibility index (Phi) is 4.89. The molecule has 0 unspecified atom stereocenters. The summed E-state index contributed by atoms with van der Waals surface area (Å²) in [5.74, 6) is -0.00780. The molecule has 0 saturated heterocycles. The molecule has 0 aliphatic rings. The van der Waals surface area contributed by atoms with Crippen LogP contribution in [0.3, 0.4) is 0 Å². The Balaban J connectivity index is 1.46. The van der Waals surface area contributed by atoms with E-state index < -0.39 is 0 Å². The van der Waals surface area contributed by atoms with Gasteiger partial charge in [-0.15, -0.1) is 0 Å². The molecule has 0 fully saturated rings. The van der Waals surface area contributed by atoms with Gasteiger partial charge in [0.2, 0.25) is 0 Å². The minimum Gasteiger partial charge on any atom is -0.508 e. The van der Waals surface area contributed by atoms with Crippen LogP contribution < -0.4 is 0 Å². The second-order valence-corrected chi connectivity index (χ2v) is 8.18. The number of carbonyl (C=O) groups excluding carboxylic acids is 1. The van der Waals surface area contributed by atoms with Crippen LogP contribution in [0.1, 0.15) is 16.1 Å². The van der Waals surface area contributed by atoms with Gasteiger partial charge in [0.05, 0.1) is 22.0 Å². The van der Waals surface area contributed by atoms with Gasteiger partial charge < -0.3 is 10.1 Å². The van der Waals surface area contributed by atoms with Crippen LogP contribution in [-0.2, 0) is 6.42 Å². The molecular weight excluding hydrogens is 431 g/mol. The number of aromatic amines is 1. The van der Waals surface area contributed by atoms with Gasteiger partial charge in [0.15, 0.2) is 5.78 Å². The molecular formula is C25H16Cl2N2O2. The minimum atomic E-state index is -0.0125. The monoisotopic (exact) mass is 446 g/mol. The summed E-state index contributed by atoms with van der Waals surface area (Å²) in [4.78, 5) is 20.8. The number of aromatic nitrogens is 2. The number of fused-ring (bicyclic) bond motifs is 2. The standard InChI is InChI=1S/C25H16Cl2N2O2/c26-19-12-18(30)13-20(27)25(19)23-9-15-5-6-16(10-22(15)29-23)24(31)11-17-8-7-14-3-1-2-4-21(14)28-17/h1-10,12-13,29-30H,11H2. The molecule has 2 heterocycles. The summed E-state index contributed by atoms with van der Waals surface area (Å²) >= 11 is 12.6. The number of para-hydroxylation sites is 1. The molecule has 5 aromatic rings. The highest BCUT2D eigenvalue weighted by Crippen LogP contribution is 2.38. The van der Waals surface area contributed by atoms with E-state index >= 15 is 0 Å². The van der Waals surface area contributed by atoms with Crippen molar-refractivity contribution in [1.29, 1.82) is 0 Å². The molecule has 0 atom stereocenters. The van der Waals surface area contributed by atoms with E-state index in [-0.39, 0.29) is 18.0 Å². The number of H-pyrrole nitrogens is 1. The van der Waals surface area contributed by atoms with Crippen molar-refractivity contribution in [2.45, 2.75) is 6.42 Å². The molecule has 0 bridgehead atoms. The van der Waals surface area contributed by atoms with Crippen molar-refractivity contribution in [3.8, 4) is 17.0 Å². The number of nitrogens with zero attached hydrogens (tertiary/aromatic N) is 1. The van der Waals surface area contributed by atoms with Crippen molar-refractivity contribution < 1.29 is 9.90 Å². The Labute approximate surface area is 188 Å². The number of phenolic OH excluding ortho intramolecular Hbond substituents is 1. The summed E-state index contributed by atoms with van der Waals surface area (Å²) in [6, 6.07) is 22.0. The van der Waals surface area contributed by atoms with Gasteiger partial charge in [0, 0.05) is 38.8 Å². The highest BCUT2D eigenvalue weighted by Gasteiger charge is 2.15. The molecule has 2 N–H and O–H groups in total. The van der Waals surface area contributed by atoms with Crippen LogP contribution in [-0.4, -0.2) is 20.9 Å². The Morgan fingerprint density at radius 1 is 0.903 bits per heavy atom. The third-order valence-electron chi connectivity index (χ3n) is 5.24. The fourth-order valence-electron chi connectivity index (χ4n) is 3.73. The Bertz CT molecular complexity index is 1450. The molecule has 0 aliphatic carbocycles. The maximum atomic E-state index is 12.9. The maximum Gasteiger partial charge on any atom is 0.168 e. The van der Waals surface area contributed by atoms with Crippen LogP contribution in [0.4, 0.5) is 0 Å². The number of ketones is 1. The lowest BCUT2D eigenvalue weighted by Gasteiger charge is -2.05. The zero-order valence-electron chi connectivity index (χ0n) is 16.2. The topological polar surface area (TPSA) is 66.0 Å². The Hall–Kier alpha value is -3.34. The van der Waals surface area contributed by atoms with Gasteiger partial charge in [-0.3, -0.25) is 9.78 Å². The largest absolute Gasteiger partial charge is 0.508 e. The van der Waals surface area contributed by atoms with E-state index in [4.69, 9.17) is 23.2 Å². The second kappa shape index (κ2) is 7.73. The van der Waals surface area contributed by atoms with Gasteiger partial charge in [0.1, 0.15) is 5.75 Å². The van der Waals surface area contributed by atoms with Gasteiger partial charge in [-0.25, -0.2) is 0 Å². The van der Waals surface area contributed by atoms with Crippen LogP contribution in [0.15, 0.2) is 72.8 Å². The number of hydrogen-bond donors (Lipinski definition) is 2.